The summed E-state index contributed by atoms with van der Waals surface area (Å²) in [6, 6.07) is 7.26. The van der Waals surface area contributed by atoms with Crippen LogP contribution in [-0.4, -0.2) is 26.8 Å². The molecule has 3 heterocycles. The van der Waals surface area contributed by atoms with Crippen LogP contribution in [0, 0.1) is 18.3 Å². The van der Waals surface area contributed by atoms with E-state index < -0.39 is 0 Å². The number of aromatic nitrogens is 4. The number of allylic oxidation sites excluding steroid dienone is 1. The average Bonchev–Trinajstić information content (AvgIpc) is 2.94. The summed E-state index contributed by atoms with van der Waals surface area (Å²) >= 11 is 11.9. The zero-order valence-electron chi connectivity index (χ0n) is 17.3. The molecule has 0 aliphatic carbocycles. The van der Waals surface area contributed by atoms with Crippen molar-refractivity contribution in [3.63, 3.8) is 0 Å². The van der Waals surface area contributed by atoms with Crippen molar-refractivity contribution < 1.29 is 0 Å². The third kappa shape index (κ3) is 4.58. The van der Waals surface area contributed by atoms with Crippen molar-refractivity contribution in [1.82, 2.24) is 25.2 Å². The summed E-state index contributed by atoms with van der Waals surface area (Å²) in [5.74, 6) is 1.40. The van der Waals surface area contributed by atoms with Crippen LogP contribution in [0.5, 0.6) is 0 Å². The van der Waals surface area contributed by atoms with E-state index in [1.165, 1.54) is 6.08 Å². The summed E-state index contributed by atoms with van der Waals surface area (Å²) in [4.78, 5) is 8.68. The van der Waals surface area contributed by atoms with E-state index in [1.54, 1.807) is 21.8 Å². The molecule has 30 heavy (non-hydrogen) atoms. The number of nitrogens with zero attached hydrogens (tertiary/aromatic N) is 6. The van der Waals surface area contributed by atoms with Gasteiger partial charge in [-0.2, -0.15) is 10.4 Å². The van der Waals surface area contributed by atoms with Crippen molar-refractivity contribution in [3.8, 4) is 6.07 Å². The molecular weight excluding hydrogens is 423 g/mol. The van der Waals surface area contributed by atoms with E-state index in [4.69, 9.17) is 28.2 Å². The number of halogens is 2. The second kappa shape index (κ2) is 8.78. The van der Waals surface area contributed by atoms with Gasteiger partial charge in [0.2, 0.25) is 0 Å². The molecule has 0 spiro atoms. The Balaban J connectivity index is 1.94. The van der Waals surface area contributed by atoms with Crippen molar-refractivity contribution >= 4 is 45.7 Å². The number of rotatable bonds is 6. The minimum absolute atomic E-state index is 0.245. The molecule has 0 aromatic carbocycles. The van der Waals surface area contributed by atoms with E-state index in [9.17, 15) is 5.26 Å². The lowest BCUT2D eigenvalue weighted by atomic mass is 10.00. The summed E-state index contributed by atoms with van der Waals surface area (Å²) in [6.07, 6.45) is 1.34. The van der Waals surface area contributed by atoms with Gasteiger partial charge in [-0.25, -0.2) is 9.97 Å². The standard InChI is InChI=1S/C20H22Cl2N8/c1-11(2)14-10-18(26-20-19(14)12(3)27-30(20)5)29(4)28-17(6-7-23)24-13-8-15(21)25-16(22)9-13/h6,8-11,28H,1-5H3,(H,24,25)/b17-6-. The van der Waals surface area contributed by atoms with Gasteiger partial charge in [-0.3, -0.25) is 15.1 Å². The Morgan fingerprint density at radius 2 is 1.90 bits per heavy atom. The van der Waals surface area contributed by atoms with E-state index in [-0.39, 0.29) is 10.3 Å². The van der Waals surface area contributed by atoms with Crippen molar-refractivity contribution in [2.45, 2.75) is 26.7 Å². The van der Waals surface area contributed by atoms with Gasteiger partial charge in [0.05, 0.1) is 17.8 Å². The summed E-state index contributed by atoms with van der Waals surface area (Å²) < 4.78 is 1.78. The van der Waals surface area contributed by atoms with E-state index in [0.29, 0.717) is 23.2 Å². The molecule has 0 aliphatic rings. The third-order valence-corrected chi connectivity index (χ3v) is 4.88. The maximum absolute atomic E-state index is 9.19. The Morgan fingerprint density at radius 3 is 2.50 bits per heavy atom. The summed E-state index contributed by atoms with van der Waals surface area (Å²) in [6.45, 7) is 6.26. The molecule has 10 heteroatoms. The fourth-order valence-corrected chi connectivity index (χ4v) is 3.64. The van der Waals surface area contributed by atoms with Crippen LogP contribution in [0.25, 0.3) is 11.0 Å². The molecule has 0 saturated carbocycles. The smallest absolute Gasteiger partial charge is 0.160 e. The SMILES string of the molecule is Cc1nn(C)c2nc(N(C)N/C(=C\C#N)Nc3cc(Cl)nc(Cl)c3)cc(C(C)C)c12. The number of hydrogen-bond acceptors (Lipinski definition) is 7. The van der Waals surface area contributed by atoms with Crippen LogP contribution in [0.1, 0.15) is 31.0 Å². The number of anilines is 2. The molecule has 0 saturated heterocycles. The van der Waals surface area contributed by atoms with Gasteiger partial charge in [0.15, 0.2) is 5.65 Å². The highest BCUT2D eigenvalue weighted by Gasteiger charge is 2.17. The molecule has 0 bridgehead atoms. The van der Waals surface area contributed by atoms with Gasteiger partial charge in [0.1, 0.15) is 21.9 Å². The summed E-state index contributed by atoms with van der Waals surface area (Å²) in [5.41, 5.74) is 6.64. The van der Waals surface area contributed by atoms with Crippen LogP contribution in [0.15, 0.2) is 30.1 Å². The monoisotopic (exact) mass is 444 g/mol. The Bertz CT molecular complexity index is 1140. The normalized spacial score (nSPS) is 11.6. The molecule has 2 N–H and O–H groups in total. The summed E-state index contributed by atoms with van der Waals surface area (Å²) in [5, 5.41) is 20.1. The van der Waals surface area contributed by atoms with Crippen molar-refractivity contribution in [3.05, 3.63) is 51.7 Å². The van der Waals surface area contributed by atoms with Gasteiger partial charge in [-0.15, -0.1) is 0 Å². The van der Waals surface area contributed by atoms with E-state index in [0.717, 1.165) is 22.3 Å². The Labute approximate surface area is 185 Å². The van der Waals surface area contributed by atoms with Gasteiger partial charge in [0, 0.05) is 25.2 Å². The molecular formula is C20H22Cl2N8. The Hall–Kier alpha value is -3.02. The van der Waals surface area contributed by atoms with Gasteiger partial charge < -0.3 is 5.32 Å². The highest BCUT2D eigenvalue weighted by Crippen LogP contribution is 2.30. The third-order valence-electron chi connectivity index (χ3n) is 4.49. The molecule has 0 radical (unpaired) electrons. The molecule has 8 nitrogen and oxygen atoms in total. The minimum atomic E-state index is 0.245. The highest BCUT2D eigenvalue weighted by atomic mass is 35.5. The number of hydrazine groups is 1. The van der Waals surface area contributed by atoms with Gasteiger partial charge in [0.25, 0.3) is 0 Å². The predicted octanol–water partition coefficient (Wildman–Crippen LogP) is 4.52. The first-order chi connectivity index (χ1) is 14.2. The second-order valence-corrected chi connectivity index (χ2v) is 7.89. The highest BCUT2D eigenvalue weighted by molar-refractivity contribution is 6.32. The van der Waals surface area contributed by atoms with Crippen LogP contribution < -0.4 is 15.8 Å². The predicted molar refractivity (Wildman–Crippen MR) is 120 cm³/mol. The molecule has 0 fully saturated rings. The molecule has 3 aromatic rings. The Kier molecular flexibility index (Phi) is 6.34. The molecule has 0 aliphatic heterocycles. The molecule has 3 aromatic heterocycles. The maximum atomic E-state index is 9.19. The lowest BCUT2D eigenvalue weighted by Gasteiger charge is -2.24. The Morgan fingerprint density at radius 1 is 1.23 bits per heavy atom. The van der Waals surface area contributed by atoms with E-state index in [1.807, 2.05) is 33.2 Å². The van der Waals surface area contributed by atoms with E-state index in [2.05, 4.69) is 34.7 Å². The van der Waals surface area contributed by atoms with E-state index >= 15 is 0 Å². The number of nitrogens with one attached hydrogen (secondary N) is 2. The first-order valence-electron chi connectivity index (χ1n) is 9.24. The topological polar surface area (TPSA) is 94.7 Å². The van der Waals surface area contributed by atoms with Crippen LogP contribution >= 0.6 is 23.2 Å². The minimum Gasteiger partial charge on any atom is -0.340 e. The quantitative estimate of drug-likeness (QED) is 0.327. The van der Waals surface area contributed by atoms with Crippen molar-refractivity contribution in [2.75, 3.05) is 17.4 Å². The zero-order valence-corrected chi connectivity index (χ0v) is 18.8. The van der Waals surface area contributed by atoms with Crippen molar-refractivity contribution in [2.24, 2.45) is 7.05 Å². The van der Waals surface area contributed by atoms with Gasteiger partial charge >= 0.3 is 0 Å². The van der Waals surface area contributed by atoms with Crippen LogP contribution in [-0.2, 0) is 7.05 Å². The lowest BCUT2D eigenvalue weighted by Crippen LogP contribution is -2.37. The van der Waals surface area contributed by atoms with Crippen LogP contribution in [0.3, 0.4) is 0 Å². The van der Waals surface area contributed by atoms with Gasteiger partial charge in [-0.1, -0.05) is 37.0 Å². The fraction of sp³-hybridized carbons (Fsp3) is 0.300. The largest absolute Gasteiger partial charge is 0.340 e. The van der Waals surface area contributed by atoms with Crippen molar-refractivity contribution in [1.29, 1.82) is 5.26 Å². The number of pyridine rings is 2. The molecule has 156 valence electrons. The fourth-order valence-electron chi connectivity index (χ4n) is 3.18. The molecule has 3 rings (SSSR count). The molecule has 0 unspecified atom stereocenters. The maximum Gasteiger partial charge on any atom is 0.160 e. The number of fused-ring (bicyclic) bond motifs is 1. The molecule has 0 atom stereocenters. The van der Waals surface area contributed by atoms with Crippen LogP contribution in [0.2, 0.25) is 10.3 Å². The lowest BCUT2D eigenvalue weighted by molar-refractivity contribution is 0.757. The molecule has 0 amide bonds. The van der Waals surface area contributed by atoms with Gasteiger partial charge in [-0.05, 0) is 36.6 Å². The first-order valence-corrected chi connectivity index (χ1v) is 9.99. The second-order valence-electron chi connectivity index (χ2n) is 7.12. The number of hydrogen-bond donors (Lipinski definition) is 2. The average molecular weight is 445 g/mol. The summed E-state index contributed by atoms with van der Waals surface area (Å²) in [7, 11) is 3.70. The number of aryl methyl sites for hydroxylation is 2. The van der Waals surface area contributed by atoms with Crippen LogP contribution in [0.4, 0.5) is 11.5 Å². The number of nitriles is 1. The zero-order chi connectivity index (χ0) is 22.0. The first kappa shape index (κ1) is 21.7.